The predicted octanol–water partition coefficient (Wildman–Crippen LogP) is 3.26. The maximum absolute atomic E-state index is 12.1. The Balaban J connectivity index is 3.16. The zero-order valence-corrected chi connectivity index (χ0v) is 9.96. The Bertz CT molecular complexity index is 383. The summed E-state index contributed by atoms with van der Waals surface area (Å²) in [6.07, 6.45) is 0.597. The van der Waals surface area contributed by atoms with Gasteiger partial charge in [0.15, 0.2) is 11.5 Å². The number of carbonyl (C=O) groups excluding carboxylic acids is 1. The topological polar surface area (TPSA) is 35.5 Å². The number of hydrogen-bond acceptors (Lipinski definition) is 3. The van der Waals surface area contributed by atoms with Crippen LogP contribution in [0.4, 0.5) is 8.78 Å². The molecule has 0 aliphatic rings. The molecule has 0 spiro atoms. The Morgan fingerprint density at radius 2 is 2.19 bits per heavy atom. The summed E-state index contributed by atoms with van der Waals surface area (Å²) in [6, 6.07) is 2.73. The van der Waals surface area contributed by atoms with Crippen LogP contribution in [-0.2, 0) is 0 Å². The zero-order chi connectivity index (χ0) is 12.1. The minimum absolute atomic E-state index is 0.109. The monoisotopic (exact) mass is 294 g/mol. The third-order valence-electron chi connectivity index (χ3n) is 1.67. The average molecular weight is 295 g/mol. The lowest BCUT2D eigenvalue weighted by Gasteiger charge is -2.13. The van der Waals surface area contributed by atoms with Crippen LogP contribution in [0, 0.1) is 0 Å². The molecule has 1 aromatic carbocycles. The van der Waals surface area contributed by atoms with Crippen LogP contribution < -0.4 is 9.47 Å². The van der Waals surface area contributed by atoms with E-state index < -0.39 is 6.61 Å². The first-order chi connectivity index (χ1) is 7.58. The van der Waals surface area contributed by atoms with Gasteiger partial charge in [-0.15, -0.1) is 0 Å². The van der Waals surface area contributed by atoms with Gasteiger partial charge in [-0.3, -0.25) is 4.79 Å². The number of alkyl halides is 2. The van der Waals surface area contributed by atoms with E-state index in [1.807, 2.05) is 0 Å². The molecule has 88 valence electrons. The van der Waals surface area contributed by atoms with Crippen molar-refractivity contribution in [3.8, 4) is 11.5 Å². The van der Waals surface area contributed by atoms with Crippen LogP contribution in [0.15, 0.2) is 16.6 Å². The lowest BCUT2D eigenvalue weighted by atomic mass is 10.2. The zero-order valence-electron chi connectivity index (χ0n) is 8.38. The van der Waals surface area contributed by atoms with Gasteiger partial charge in [-0.25, -0.2) is 0 Å². The Hall–Kier alpha value is -1.17. The van der Waals surface area contributed by atoms with Gasteiger partial charge in [-0.05, 0) is 35.0 Å². The van der Waals surface area contributed by atoms with Crippen LogP contribution in [0.25, 0.3) is 0 Å². The molecule has 0 aliphatic carbocycles. The Labute approximate surface area is 99.5 Å². The summed E-state index contributed by atoms with van der Waals surface area (Å²) in [7, 11) is 0. The van der Waals surface area contributed by atoms with Gasteiger partial charge in [0.25, 0.3) is 0 Å². The van der Waals surface area contributed by atoms with E-state index in [9.17, 15) is 13.6 Å². The second-order valence-corrected chi connectivity index (χ2v) is 3.61. The van der Waals surface area contributed by atoms with Crippen molar-refractivity contribution in [1.82, 2.24) is 0 Å². The summed E-state index contributed by atoms with van der Waals surface area (Å²) >= 11 is 3.04. The molecule has 0 heterocycles. The first-order valence-electron chi connectivity index (χ1n) is 4.44. The van der Waals surface area contributed by atoms with E-state index in [1.165, 1.54) is 12.1 Å². The Morgan fingerprint density at radius 1 is 1.50 bits per heavy atom. The van der Waals surface area contributed by atoms with Gasteiger partial charge in [0, 0.05) is 5.56 Å². The summed E-state index contributed by atoms with van der Waals surface area (Å²) in [5.41, 5.74) is 0.317. The fourth-order valence-corrected chi connectivity index (χ4v) is 1.68. The lowest BCUT2D eigenvalue weighted by Crippen LogP contribution is -2.05. The smallest absolute Gasteiger partial charge is 0.387 e. The van der Waals surface area contributed by atoms with Crippen molar-refractivity contribution < 1.29 is 23.0 Å². The van der Waals surface area contributed by atoms with Crippen LogP contribution in [0.5, 0.6) is 11.5 Å². The van der Waals surface area contributed by atoms with Gasteiger partial charge in [0.2, 0.25) is 0 Å². The molecule has 3 nitrogen and oxygen atoms in total. The van der Waals surface area contributed by atoms with Crippen molar-refractivity contribution in [2.24, 2.45) is 0 Å². The molecule has 1 rings (SSSR count). The molecule has 0 N–H and O–H groups in total. The minimum atomic E-state index is -2.95. The largest absolute Gasteiger partial charge is 0.490 e. The van der Waals surface area contributed by atoms with Gasteiger partial charge in [-0.2, -0.15) is 8.78 Å². The van der Waals surface area contributed by atoms with Crippen molar-refractivity contribution in [3.05, 3.63) is 22.2 Å². The van der Waals surface area contributed by atoms with Gasteiger partial charge >= 0.3 is 6.61 Å². The molecule has 6 heteroatoms. The third kappa shape index (κ3) is 3.16. The minimum Gasteiger partial charge on any atom is -0.490 e. The number of benzene rings is 1. The van der Waals surface area contributed by atoms with E-state index in [0.29, 0.717) is 11.8 Å². The van der Waals surface area contributed by atoms with Crippen molar-refractivity contribution in [2.75, 3.05) is 6.61 Å². The molecule has 0 saturated heterocycles. The molecule has 0 unspecified atom stereocenters. The normalized spacial score (nSPS) is 10.3. The molecule has 0 amide bonds. The molecule has 0 fully saturated rings. The third-order valence-corrected chi connectivity index (χ3v) is 2.26. The van der Waals surface area contributed by atoms with Crippen LogP contribution in [0.3, 0.4) is 0 Å². The van der Waals surface area contributed by atoms with Crippen LogP contribution in [-0.4, -0.2) is 19.5 Å². The first-order valence-corrected chi connectivity index (χ1v) is 5.24. The summed E-state index contributed by atoms with van der Waals surface area (Å²) in [5.74, 6) is 0.00160. The van der Waals surface area contributed by atoms with Gasteiger partial charge in [-0.1, -0.05) is 0 Å². The molecular formula is C10H9BrF2O3. The highest BCUT2D eigenvalue weighted by Crippen LogP contribution is 2.37. The van der Waals surface area contributed by atoms with Crippen molar-refractivity contribution >= 4 is 22.2 Å². The molecule has 1 aromatic rings. The summed E-state index contributed by atoms with van der Waals surface area (Å²) < 4.78 is 33.9. The first kappa shape index (κ1) is 12.9. The lowest BCUT2D eigenvalue weighted by molar-refractivity contribution is -0.0519. The maximum Gasteiger partial charge on any atom is 0.387 e. The van der Waals surface area contributed by atoms with Gasteiger partial charge in [0.1, 0.15) is 6.29 Å². The quantitative estimate of drug-likeness (QED) is 0.782. The number of rotatable bonds is 5. The standard InChI is InChI=1S/C10H9BrF2O3/c1-2-15-8-4-6(5-14)3-7(11)9(8)16-10(12)13/h3-5,10H,2H2,1H3. The molecule has 0 saturated carbocycles. The molecular weight excluding hydrogens is 286 g/mol. The fourth-order valence-electron chi connectivity index (χ4n) is 1.12. The Kier molecular flexibility index (Phi) is 4.67. The summed E-state index contributed by atoms with van der Waals surface area (Å²) in [4.78, 5) is 10.6. The summed E-state index contributed by atoms with van der Waals surface area (Å²) in [5, 5.41) is 0. The number of ether oxygens (including phenoxy) is 2. The predicted molar refractivity (Wildman–Crippen MR) is 57.3 cm³/mol. The van der Waals surface area contributed by atoms with E-state index in [-0.39, 0.29) is 22.6 Å². The van der Waals surface area contributed by atoms with Crippen LogP contribution in [0.1, 0.15) is 17.3 Å². The number of aldehydes is 1. The van der Waals surface area contributed by atoms with E-state index in [1.54, 1.807) is 6.92 Å². The second-order valence-electron chi connectivity index (χ2n) is 2.76. The number of carbonyl (C=O) groups is 1. The maximum atomic E-state index is 12.1. The van der Waals surface area contributed by atoms with Crippen molar-refractivity contribution in [1.29, 1.82) is 0 Å². The van der Waals surface area contributed by atoms with E-state index in [4.69, 9.17) is 4.74 Å². The highest BCUT2D eigenvalue weighted by molar-refractivity contribution is 9.10. The highest BCUT2D eigenvalue weighted by Gasteiger charge is 2.15. The molecule has 0 bridgehead atoms. The SMILES string of the molecule is CCOc1cc(C=O)cc(Br)c1OC(F)F. The van der Waals surface area contributed by atoms with Crippen LogP contribution >= 0.6 is 15.9 Å². The van der Waals surface area contributed by atoms with Gasteiger partial charge in [0.05, 0.1) is 11.1 Å². The number of halogens is 3. The average Bonchev–Trinajstić information content (AvgIpc) is 2.22. The number of hydrogen-bond donors (Lipinski definition) is 0. The second kappa shape index (κ2) is 5.79. The molecule has 0 aliphatic heterocycles. The van der Waals surface area contributed by atoms with E-state index >= 15 is 0 Å². The van der Waals surface area contributed by atoms with Crippen molar-refractivity contribution in [2.45, 2.75) is 13.5 Å². The van der Waals surface area contributed by atoms with Gasteiger partial charge < -0.3 is 9.47 Å². The van der Waals surface area contributed by atoms with E-state index in [0.717, 1.165) is 0 Å². The molecule has 16 heavy (non-hydrogen) atoms. The van der Waals surface area contributed by atoms with Crippen molar-refractivity contribution in [3.63, 3.8) is 0 Å². The molecule has 0 aromatic heterocycles. The summed E-state index contributed by atoms with van der Waals surface area (Å²) in [6.45, 7) is -0.959. The Morgan fingerprint density at radius 3 is 2.69 bits per heavy atom. The highest BCUT2D eigenvalue weighted by atomic mass is 79.9. The van der Waals surface area contributed by atoms with E-state index in [2.05, 4.69) is 20.7 Å². The molecule has 0 atom stereocenters. The molecule has 0 radical (unpaired) electrons. The fraction of sp³-hybridized carbons (Fsp3) is 0.300. The van der Waals surface area contributed by atoms with Crippen LogP contribution in [0.2, 0.25) is 0 Å².